The Hall–Kier alpha value is -1.93. The van der Waals surface area contributed by atoms with E-state index in [1.807, 2.05) is 0 Å². The molecular weight excluding hydrogens is 368 g/mol. The summed E-state index contributed by atoms with van der Waals surface area (Å²) in [5, 5.41) is 2.81. The zero-order valence-corrected chi connectivity index (χ0v) is 15.1. The summed E-state index contributed by atoms with van der Waals surface area (Å²) in [5.41, 5.74) is 5.47. The molecule has 0 spiro atoms. The van der Waals surface area contributed by atoms with Crippen molar-refractivity contribution in [2.24, 2.45) is 11.7 Å². The minimum atomic E-state index is -3.00. The van der Waals surface area contributed by atoms with Crippen LogP contribution in [0.2, 0.25) is 0 Å². The van der Waals surface area contributed by atoms with Gasteiger partial charge in [-0.3, -0.25) is 9.59 Å². The Morgan fingerprint density at radius 3 is 2.77 bits per heavy atom. The second-order valence-corrected chi connectivity index (χ2v) is 5.90. The molecule has 1 heterocycles. The molecule has 2 amide bonds. The number of carbonyl (C=O) groups is 2. The first-order valence-corrected chi connectivity index (χ1v) is 8.33. The Labute approximate surface area is 157 Å². The van der Waals surface area contributed by atoms with Crippen molar-refractivity contribution in [3.05, 3.63) is 29.8 Å². The number of piperidine rings is 1. The van der Waals surface area contributed by atoms with Crippen LogP contribution in [0.15, 0.2) is 24.3 Å². The van der Waals surface area contributed by atoms with Crippen LogP contribution in [0.1, 0.15) is 29.6 Å². The second kappa shape index (κ2) is 10.9. The molecule has 3 N–H and O–H groups in total. The first-order chi connectivity index (χ1) is 12.0. The molecule has 1 fully saturated rings. The van der Waals surface area contributed by atoms with Gasteiger partial charge in [-0.05, 0) is 37.9 Å². The third-order valence-electron chi connectivity index (χ3n) is 4.09. The van der Waals surface area contributed by atoms with E-state index in [0.717, 1.165) is 0 Å². The van der Waals surface area contributed by atoms with Gasteiger partial charge in [-0.25, -0.2) is 0 Å². The molecule has 26 heavy (non-hydrogen) atoms. The molecule has 0 saturated carbocycles. The summed E-state index contributed by atoms with van der Waals surface area (Å²) in [5.74, 6) is -0.977. The van der Waals surface area contributed by atoms with E-state index in [1.54, 1.807) is 6.07 Å². The van der Waals surface area contributed by atoms with Crippen molar-refractivity contribution >= 4 is 24.2 Å². The summed E-state index contributed by atoms with van der Waals surface area (Å²) in [6, 6.07) is 5.90. The molecule has 1 aromatic rings. The number of carbonyl (C=O) groups excluding carboxylic acids is 2. The monoisotopic (exact) mass is 391 g/mol. The average molecular weight is 392 g/mol. The summed E-state index contributed by atoms with van der Waals surface area (Å²) >= 11 is 0. The smallest absolute Gasteiger partial charge is 0.387 e. The molecule has 9 heteroatoms. The van der Waals surface area contributed by atoms with Gasteiger partial charge in [-0.15, -0.1) is 12.4 Å². The first-order valence-electron chi connectivity index (χ1n) is 8.33. The van der Waals surface area contributed by atoms with Crippen molar-refractivity contribution in [3.8, 4) is 5.75 Å². The molecular formula is C17H24ClF2N3O3. The number of nitrogens with zero attached hydrogens (tertiary/aromatic N) is 1. The van der Waals surface area contributed by atoms with Gasteiger partial charge in [0.25, 0.3) is 5.91 Å². The van der Waals surface area contributed by atoms with Crippen LogP contribution in [0.4, 0.5) is 8.78 Å². The van der Waals surface area contributed by atoms with E-state index >= 15 is 0 Å². The van der Waals surface area contributed by atoms with E-state index in [-0.39, 0.29) is 42.1 Å². The number of nitrogens with one attached hydrogen (secondary N) is 1. The third kappa shape index (κ3) is 6.10. The molecule has 0 aliphatic carbocycles. The van der Waals surface area contributed by atoms with E-state index in [0.29, 0.717) is 38.9 Å². The normalized spacial score (nSPS) is 16.8. The highest BCUT2D eigenvalue weighted by Gasteiger charge is 2.30. The number of hydrogen-bond donors (Lipinski definition) is 2. The molecule has 2 rings (SSSR count). The topological polar surface area (TPSA) is 84.7 Å². The molecule has 1 aliphatic rings. The van der Waals surface area contributed by atoms with Crippen LogP contribution in [0, 0.1) is 5.92 Å². The molecule has 1 aromatic carbocycles. The molecule has 6 nitrogen and oxygen atoms in total. The fraction of sp³-hybridized carbons (Fsp3) is 0.529. The lowest BCUT2D eigenvalue weighted by Gasteiger charge is -2.32. The summed E-state index contributed by atoms with van der Waals surface area (Å²) in [4.78, 5) is 26.4. The minimum absolute atomic E-state index is 0. The minimum Gasteiger partial charge on any atom is -0.434 e. The lowest BCUT2D eigenvalue weighted by atomic mass is 9.96. The van der Waals surface area contributed by atoms with Gasteiger partial charge in [-0.2, -0.15) is 8.78 Å². The van der Waals surface area contributed by atoms with Gasteiger partial charge < -0.3 is 20.7 Å². The quantitative estimate of drug-likeness (QED) is 0.696. The lowest BCUT2D eigenvalue weighted by molar-refractivity contribution is -0.126. The number of amides is 2. The Bertz CT molecular complexity index is 604. The van der Waals surface area contributed by atoms with E-state index in [1.165, 1.54) is 23.1 Å². The van der Waals surface area contributed by atoms with Crippen molar-refractivity contribution in [1.82, 2.24) is 10.2 Å². The Balaban J connectivity index is 0.00000338. The Morgan fingerprint density at radius 1 is 1.35 bits per heavy atom. The number of alkyl halides is 2. The number of rotatable bonds is 7. The van der Waals surface area contributed by atoms with E-state index in [9.17, 15) is 18.4 Å². The van der Waals surface area contributed by atoms with Gasteiger partial charge in [0.15, 0.2) is 0 Å². The summed E-state index contributed by atoms with van der Waals surface area (Å²) in [6.45, 7) is -1.26. The molecule has 1 unspecified atom stereocenters. The summed E-state index contributed by atoms with van der Waals surface area (Å²) < 4.78 is 29.5. The van der Waals surface area contributed by atoms with Crippen LogP contribution in [0.5, 0.6) is 5.75 Å². The van der Waals surface area contributed by atoms with Crippen molar-refractivity contribution in [2.75, 3.05) is 26.2 Å². The number of ether oxygens (including phenoxy) is 1. The van der Waals surface area contributed by atoms with Crippen molar-refractivity contribution in [3.63, 3.8) is 0 Å². The standard InChI is InChI=1S/C17H23F2N3O3.ClH/c18-17(19)25-14-7-2-1-6-13(14)16(24)22-10-3-5-12(11-22)15(23)21-9-4-8-20;/h1-2,6-7,12,17H,3-5,8-11,20H2,(H,21,23);1H. The molecule has 1 atom stereocenters. The highest BCUT2D eigenvalue weighted by Crippen LogP contribution is 2.25. The number of hydrogen-bond acceptors (Lipinski definition) is 4. The van der Waals surface area contributed by atoms with Crippen LogP contribution < -0.4 is 15.8 Å². The molecule has 0 bridgehead atoms. The Kier molecular flexibility index (Phi) is 9.29. The van der Waals surface area contributed by atoms with E-state index < -0.39 is 12.5 Å². The maximum absolute atomic E-state index is 12.7. The number of para-hydroxylation sites is 1. The largest absolute Gasteiger partial charge is 0.434 e. The lowest BCUT2D eigenvalue weighted by Crippen LogP contribution is -2.45. The van der Waals surface area contributed by atoms with Gasteiger partial charge in [0, 0.05) is 19.6 Å². The van der Waals surface area contributed by atoms with E-state index in [2.05, 4.69) is 10.1 Å². The number of halogens is 3. The van der Waals surface area contributed by atoms with Crippen LogP contribution in [0.3, 0.4) is 0 Å². The predicted molar refractivity (Wildman–Crippen MR) is 95.6 cm³/mol. The molecule has 146 valence electrons. The molecule has 0 radical (unpaired) electrons. The average Bonchev–Trinajstić information content (AvgIpc) is 2.61. The highest BCUT2D eigenvalue weighted by atomic mass is 35.5. The summed E-state index contributed by atoms with van der Waals surface area (Å²) in [6.07, 6.45) is 2.06. The fourth-order valence-corrected chi connectivity index (χ4v) is 2.85. The maximum Gasteiger partial charge on any atom is 0.387 e. The number of likely N-dealkylation sites (tertiary alicyclic amines) is 1. The van der Waals surface area contributed by atoms with Gasteiger partial charge in [0.05, 0.1) is 11.5 Å². The first kappa shape index (κ1) is 22.1. The van der Waals surface area contributed by atoms with Gasteiger partial charge in [0.1, 0.15) is 5.75 Å². The molecule has 1 aliphatic heterocycles. The van der Waals surface area contributed by atoms with Gasteiger partial charge >= 0.3 is 6.61 Å². The van der Waals surface area contributed by atoms with Crippen LogP contribution in [0.25, 0.3) is 0 Å². The van der Waals surface area contributed by atoms with E-state index in [4.69, 9.17) is 5.73 Å². The zero-order chi connectivity index (χ0) is 18.2. The van der Waals surface area contributed by atoms with Crippen molar-refractivity contribution < 1.29 is 23.1 Å². The molecule has 0 aromatic heterocycles. The fourth-order valence-electron chi connectivity index (χ4n) is 2.85. The predicted octanol–water partition coefficient (Wildman–Crippen LogP) is 2.03. The highest BCUT2D eigenvalue weighted by molar-refractivity contribution is 5.97. The van der Waals surface area contributed by atoms with Crippen LogP contribution in [-0.2, 0) is 4.79 Å². The third-order valence-corrected chi connectivity index (χ3v) is 4.09. The van der Waals surface area contributed by atoms with Crippen LogP contribution in [-0.4, -0.2) is 49.5 Å². The summed E-state index contributed by atoms with van der Waals surface area (Å²) in [7, 11) is 0. The van der Waals surface area contributed by atoms with Crippen LogP contribution >= 0.6 is 12.4 Å². The van der Waals surface area contributed by atoms with Crippen molar-refractivity contribution in [1.29, 1.82) is 0 Å². The number of nitrogens with two attached hydrogens (primary N) is 1. The second-order valence-electron chi connectivity index (χ2n) is 5.90. The Morgan fingerprint density at radius 2 is 2.08 bits per heavy atom. The molecule has 1 saturated heterocycles. The van der Waals surface area contributed by atoms with Crippen molar-refractivity contribution in [2.45, 2.75) is 25.9 Å². The maximum atomic E-state index is 12.7. The zero-order valence-electron chi connectivity index (χ0n) is 14.3. The SMILES string of the molecule is Cl.NCCCNC(=O)C1CCCN(C(=O)c2ccccc2OC(F)F)C1. The van der Waals surface area contributed by atoms with Gasteiger partial charge in [-0.1, -0.05) is 12.1 Å². The number of benzene rings is 1. The van der Waals surface area contributed by atoms with Gasteiger partial charge in [0.2, 0.25) is 5.91 Å².